The van der Waals surface area contributed by atoms with E-state index in [9.17, 15) is 0 Å². The zero-order valence-corrected chi connectivity index (χ0v) is 31.7. The summed E-state index contributed by atoms with van der Waals surface area (Å²) in [6.45, 7) is 19.7. The Bertz CT molecular complexity index is 2330. The van der Waals surface area contributed by atoms with Crippen LogP contribution in [0.25, 0.3) is 0 Å². The topological polar surface area (TPSA) is 13.0 Å². The van der Waals surface area contributed by atoms with E-state index in [1.165, 1.54) is 24.3 Å². The second-order valence-corrected chi connectivity index (χ2v) is 14.3. The van der Waals surface area contributed by atoms with Crippen molar-refractivity contribution in [3.8, 4) is 0 Å². The molecule has 54 heavy (non-hydrogen) atoms. The van der Waals surface area contributed by atoms with Gasteiger partial charge in [-0.05, 0) is 137 Å². The second-order valence-electron chi connectivity index (χ2n) is 14.3. The Hall–Kier alpha value is -6.02. The summed E-state index contributed by atoms with van der Waals surface area (Å²) in [5.74, 6) is -3.06. The third-order valence-corrected chi connectivity index (χ3v) is 9.69. The lowest BCUT2D eigenvalue weighted by atomic mass is 10.1. The maximum absolute atomic E-state index is 15.6. The van der Waals surface area contributed by atoms with Crippen LogP contribution in [0.4, 0.5) is 57.4 Å². The SMILES string of the molecule is C=C/C(C)=C\C(=C/C)N1C(=C2N(c3cc(C)cc(C)c3)c3cc(F)c(F)cc3N2c2cc(C)cc(C)c2)N(c2cc(C)cc(C)c2)c2cc(F)c(F)cc21. The number of aryl methyl sites for hydroxylation is 6. The average molecular weight is 727 g/mol. The van der Waals surface area contributed by atoms with Gasteiger partial charge in [-0.1, -0.05) is 36.9 Å². The molecule has 0 radical (unpaired) electrons. The standard InChI is InChI=1S/C46H42F4N4/c1-10-26(3)15-33(11-2)51-41-22-37(47)38(48)23-42(41)52(34-16-27(4)12-28(5)17-34)45(51)46-53(35-18-29(6)13-30(7)19-35)43-24-39(49)40(50)25-44(43)54(46)36-20-31(8)14-32(9)21-36/h10-25H,1H2,2-9H3/b26-15-,33-11+. The van der Waals surface area contributed by atoms with E-state index < -0.39 is 23.3 Å². The highest BCUT2D eigenvalue weighted by molar-refractivity contribution is 5.99. The number of halogens is 4. The van der Waals surface area contributed by atoms with Crippen molar-refractivity contribution in [3.63, 3.8) is 0 Å². The summed E-state index contributed by atoms with van der Waals surface area (Å²) in [4.78, 5) is 7.65. The van der Waals surface area contributed by atoms with Crippen molar-refractivity contribution in [2.75, 3.05) is 19.6 Å². The molecule has 5 aromatic rings. The molecule has 2 aliphatic heterocycles. The highest BCUT2D eigenvalue weighted by Gasteiger charge is 2.46. The molecule has 0 unspecified atom stereocenters. The number of benzene rings is 5. The lowest BCUT2D eigenvalue weighted by Gasteiger charge is -2.35. The molecule has 274 valence electrons. The molecule has 0 fully saturated rings. The summed E-state index contributed by atoms with van der Waals surface area (Å²) in [6, 6.07) is 23.0. The maximum atomic E-state index is 15.6. The summed E-state index contributed by atoms with van der Waals surface area (Å²) < 4.78 is 62.4. The van der Waals surface area contributed by atoms with Crippen molar-refractivity contribution >= 4 is 39.8 Å². The summed E-state index contributed by atoms with van der Waals surface area (Å²) in [7, 11) is 0. The predicted molar refractivity (Wildman–Crippen MR) is 214 cm³/mol. The van der Waals surface area contributed by atoms with E-state index in [1.807, 2.05) is 142 Å². The number of allylic oxidation sites excluding steroid dienone is 4. The fourth-order valence-corrected chi connectivity index (χ4v) is 7.68. The van der Waals surface area contributed by atoms with E-state index >= 15 is 17.6 Å². The van der Waals surface area contributed by atoms with Crippen LogP contribution < -0.4 is 19.6 Å². The first-order chi connectivity index (χ1) is 25.7. The third kappa shape index (κ3) is 6.25. The first-order valence-electron chi connectivity index (χ1n) is 17.8. The second kappa shape index (κ2) is 13.8. The quantitative estimate of drug-likeness (QED) is 0.128. The lowest BCUT2D eigenvalue weighted by molar-refractivity contribution is 0.509. The Morgan fingerprint density at radius 2 is 0.796 bits per heavy atom. The highest BCUT2D eigenvalue weighted by atomic mass is 19.2. The maximum Gasteiger partial charge on any atom is 0.166 e. The molecule has 0 aromatic heterocycles. The van der Waals surface area contributed by atoms with Gasteiger partial charge in [-0.15, -0.1) is 0 Å². The summed E-state index contributed by atoms with van der Waals surface area (Å²) in [5, 5.41) is 0. The molecule has 0 saturated heterocycles. The summed E-state index contributed by atoms with van der Waals surface area (Å²) in [5.41, 5.74) is 10.9. The van der Waals surface area contributed by atoms with Gasteiger partial charge >= 0.3 is 0 Å². The zero-order chi connectivity index (χ0) is 38.7. The molecule has 0 saturated carbocycles. The number of nitrogens with zero attached hydrogens (tertiary/aromatic N) is 4. The van der Waals surface area contributed by atoms with Crippen LogP contribution in [0.1, 0.15) is 47.2 Å². The van der Waals surface area contributed by atoms with Crippen molar-refractivity contribution in [1.29, 1.82) is 0 Å². The predicted octanol–water partition coefficient (Wildman–Crippen LogP) is 13.2. The molecule has 8 heteroatoms. The number of hydrogen-bond acceptors (Lipinski definition) is 4. The van der Waals surface area contributed by atoms with E-state index in [1.54, 1.807) is 6.08 Å². The normalized spacial score (nSPS) is 14.4. The molecule has 5 aromatic carbocycles. The fourth-order valence-electron chi connectivity index (χ4n) is 7.68. The number of hydrogen-bond donors (Lipinski definition) is 0. The molecule has 0 amide bonds. The van der Waals surface area contributed by atoms with Crippen molar-refractivity contribution in [1.82, 2.24) is 0 Å². The highest BCUT2D eigenvalue weighted by Crippen LogP contribution is 2.57. The van der Waals surface area contributed by atoms with Crippen molar-refractivity contribution in [2.45, 2.75) is 55.4 Å². The molecule has 0 N–H and O–H groups in total. The molecule has 0 spiro atoms. The molecule has 2 aliphatic rings. The van der Waals surface area contributed by atoms with Crippen LogP contribution in [0.5, 0.6) is 0 Å². The number of anilines is 7. The number of fused-ring (bicyclic) bond motifs is 2. The van der Waals surface area contributed by atoms with Gasteiger partial charge in [-0.2, -0.15) is 0 Å². The van der Waals surface area contributed by atoms with Gasteiger partial charge in [0.1, 0.15) is 0 Å². The van der Waals surface area contributed by atoms with Crippen LogP contribution in [-0.2, 0) is 0 Å². The fraction of sp³-hybridized carbons (Fsp3) is 0.174. The molecule has 0 aliphatic carbocycles. The molecule has 4 nitrogen and oxygen atoms in total. The Morgan fingerprint density at radius 1 is 0.481 bits per heavy atom. The van der Waals surface area contributed by atoms with Gasteiger partial charge in [0.2, 0.25) is 0 Å². The van der Waals surface area contributed by atoms with Crippen LogP contribution >= 0.6 is 0 Å². The van der Waals surface area contributed by atoms with Crippen molar-refractivity contribution in [2.24, 2.45) is 0 Å². The van der Waals surface area contributed by atoms with Gasteiger partial charge < -0.3 is 0 Å². The van der Waals surface area contributed by atoms with Gasteiger partial charge in [0.25, 0.3) is 0 Å². The molecule has 7 rings (SSSR count). The van der Waals surface area contributed by atoms with E-state index in [0.717, 1.165) is 39.0 Å². The van der Waals surface area contributed by atoms with Crippen LogP contribution in [0.3, 0.4) is 0 Å². The average Bonchev–Trinajstić information content (AvgIpc) is 3.57. The first-order valence-corrected chi connectivity index (χ1v) is 17.8. The van der Waals surface area contributed by atoms with Gasteiger partial charge in [-0.3, -0.25) is 19.6 Å². The number of rotatable bonds is 6. The summed E-state index contributed by atoms with van der Waals surface area (Å²) >= 11 is 0. The minimum absolute atomic E-state index is 0.380. The monoisotopic (exact) mass is 726 g/mol. The van der Waals surface area contributed by atoms with Crippen LogP contribution in [0.2, 0.25) is 0 Å². The van der Waals surface area contributed by atoms with Gasteiger partial charge in [0.15, 0.2) is 34.9 Å². The smallest absolute Gasteiger partial charge is 0.166 e. The molecular weight excluding hydrogens is 685 g/mol. The summed E-state index contributed by atoms with van der Waals surface area (Å²) in [6.07, 6.45) is 5.54. The Labute approximate surface area is 314 Å². The van der Waals surface area contributed by atoms with E-state index in [0.29, 0.717) is 57.2 Å². The van der Waals surface area contributed by atoms with Gasteiger partial charge in [-0.25, -0.2) is 17.6 Å². The Morgan fingerprint density at radius 3 is 1.13 bits per heavy atom. The molecule has 0 bridgehead atoms. The largest absolute Gasteiger partial charge is 0.291 e. The molecule has 2 heterocycles. The lowest BCUT2D eigenvalue weighted by Crippen LogP contribution is -2.35. The van der Waals surface area contributed by atoms with Crippen LogP contribution in [0, 0.1) is 64.8 Å². The van der Waals surface area contributed by atoms with Crippen molar-refractivity contribution in [3.05, 3.63) is 183 Å². The molecule has 0 atom stereocenters. The first kappa shape index (κ1) is 36.3. The van der Waals surface area contributed by atoms with Crippen LogP contribution in [0.15, 0.2) is 127 Å². The van der Waals surface area contributed by atoms with Gasteiger partial charge in [0.05, 0.1) is 22.7 Å². The Kier molecular flexibility index (Phi) is 9.26. The zero-order valence-electron chi connectivity index (χ0n) is 31.7. The minimum Gasteiger partial charge on any atom is -0.291 e. The van der Waals surface area contributed by atoms with E-state index in [-0.39, 0.29) is 0 Å². The van der Waals surface area contributed by atoms with Gasteiger partial charge in [0, 0.05) is 47.0 Å². The van der Waals surface area contributed by atoms with E-state index in [4.69, 9.17) is 0 Å². The van der Waals surface area contributed by atoms with Crippen LogP contribution in [-0.4, -0.2) is 0 Å². The van der Waals surface area contributed by atoms with Crippen molar-refractivity contribution < 1.29 is 17.6 Å². The minimum atomic E-state index is -1.01. The van der Waals surface area contributed by atoms with E-state index in [2.05, 4.69) is 6.58 Å². The third-order valence-electron chi connectivity index (χ3n) is 9.69. The Balaban J connectivity index is 1.74. The molecular formula is C46H42F4N4.